The first-order valence-corrected chi connectivity index (χ1v) is 7.92. The Kier molecular flexibility index (Phi) is 5.25. The van der Waals surface area contributed by atoms with E-state index in [-0.39, 0.29) is 24.7 Å². The molecular formula is C14H23N3O2S. The minimum absolute atomic E-state index is 0.0132. The number of hydrogen-bond donors (Lipinski definition) is 2. The highest BCUT2D eigenvalue weighted by Crippen LogP contribution is 2.24. The number of piperidine rings is 1. The molecule has 6 heteroatoms. The van der Waals surface area contributed by atoms with Gasteiger partial charge in [-0.25, -0.2) is 4.79 Å². The second kappa shape index (κ2) is 6.95. The van der Waals surface area contributed by atoms with E-state index in [1.165, 1.54) is 5.00 Å². The van der Waals surface area contributed by atoms with Gasteiger partial charge in [0.1, 0.15) is 0 Å². The van der Waals surface area contributed by atoms with Gasteiger partial charge in [0.25, 0.3) is 0 Å². The number of anilines is 1. The fraction of sp³-hybridized carbons (Fsp3) is 0.643. The van der Waals surface area contributed by atoms with Crippen LogP contribution in [-0.2, 0) is 0 Å². The Balaban J connectivity index is 1.78. The van der Waals surface area contributed by atoms with Crippen molar-refractivity contribution in [1.82, 2.24) is 10.2 Å². The monoisotopic (exact) mass is 297 g/mol. The largest absolute Gasteiger partial charge is 0.394 e. The Morgan fingerprint density at radius 2 is 2.30 bits per heavy atom. The van der Waals surface area contributed by atoms with Gasteiger partial charge in [0.05, 0.1) is 17.6 Å². The zero-order valence-corrected chi connectivity index (χ0v) is 12.9. The van der Waals surface area contributed by atoms with Gasteiger partial charge >= 0.3 is 6.03 Å². The van der Waals surface area contributed by atoms with Crippen molar-refractivity contribution in [3.63, 3.8) is 0 Å². The molecule has 0 aromatic carbocycles. The molecule has 2 N–H and O–H groups in total. The number of aliphatic hydroxyl groups is 1. The molecule has 1 atom stereocenters. The lowest BCUT2D eigenvalue weighted by Gasteiger charge is -2.34. The second-order valence-corrected chi connectivity index (χ2v) is 6.23. The molecule has 2 rings (SSSR count). The van der Waals surface area contributed by atoms with Gasteiger partial charge in [0.2, 0.25) is 0 Å². The van der Waals surface area contributed by atoms with E-state index in [9.17, 15) is 4.79 Å². The molecular weight excluding hydrogens is 274 g/mol. The summed E-state index contributed by atoms with van der Waals surface area (Å²) in [7, 11) is 1.72. The van der Waals surface area contributed by atoms with Crippen LogP contribution in [0.15, 0.2) is 17.5 Å². The predicted molar refractivity (Wildman–Crippen MR) is 82.4 cm³/mol. The molecule has 112 valence electrons. The Hall–Kier alpha value is -1.27. The summed E-state index contributed by atoms with van der Waals surface area (Å²) >= 11 is 1.76. The summed E-state index contributed by atoms with van der Waals surface area (Å²) in [4.78, 5) is 15.9. The van der Waals surface area contributed by atoms with Gasteiger partial charge in [-0.1, -0.05) is 0 Å². The highest BCUT2D eigenvalue weighted by Gasteiger charge is 2.23. The van der Waals surface area contributed by atoms with Crippen LogP contribution in [0, 0.1) is 0 Å². The van der Waals surface area contributed by atoms with Gasteiger partial charge < -0.3 is 20.2 Å². The van der Waals surface area contributed by atoms with E-state index < -0.39 is 0 Å². The molecule has 1 aliphatic rings. The maximum atomic E-state index is 12.0. The maximum Gasteiger partial charge on any atom is 0.317 e. The lowest BCUT2D eigenvalue weighted by molar-refractivity contribution is 0.153. The third-order valence-corrected chi connectivity index (χ3v) is 4.82. The van der Waals surface area contributed by atoms with E-state index in [0.717, 1.165) is 25.9 Å². The molecule has 1 aromatic heterocycles. The van der Waals surface area contributed by atoms with E-state index in [2.05, 4.69) is 27.7 Å². The molecule has 0 bridgehead atoms. The number of hydrogen-bond acceptors (Lipinski definition) is 4. The molecule has 1 aromatic rings. The van der Waals surface area contributed by atoms with Crippen molar-refractivity contribution in [2.75, 3.05) is 31.6 Å². The topological polar surface area (TPSA) is 55.8 Å². The smallest absolute Gasteiger partial charge is 0.317 e. The molecule has 1 saturated heterocycles. The van der Waals surface area contributed by atoms with Gasteiger partial charge in [0, 0.05) is 26.2 Å². The van der Waals surface area contributed by atoms with Crippen LogP contribution in [0.4, 0.5) is 9.80 Å². The first kappa shape index (κ1) is 15.1. The van der Waals surface area contributed by atoms with Crippen LogP contribution in [-0.4, -0.2) is 54.9 Å². The summed E-state index contributed by atoms with van der Waals surface area (Å²) in [6, 6.07) is 4.19. The van der Waals surface area contributed by atoms with Crippen LogP contribution in [0.25, 0.3) is 0 Å². The Bertz CT molecular complexity index is 416. The van der Waals surface area contributed by atoms with Gasteiger partial charge in [0.15, 0.2) is 0 Å². The summed E-state index contributed by atoms with van der Waals surface area (Å²) in [6.07, 6.45) is 1.93. The van der Waals surface area contributed by atoms with E-state index in [0.29, 0.717) is 0 Å². The number of amides is 2. The van der Waals surface area contributed by atoms with E-state index in [1.807, 2.05) is 6.92 Å². The Morgan fingerprint density at radius 3 is 2.85 bits per heavy atom. The van der Waals surface area contributed by atoms with E-state index in [1.54, 1.807) is 23.3 Å². The summed E-state index contributed by atoms with van der Waals surface area (Å²) in [5, 5.41) is 15.5. The van der Waals surface area contributed by atoms with Crippen LogP contribution in [0.5, 0.6) is 0 Å². The number of urea groups is 1. The number of rotatable bonds is 4. The third-order valence-electron chi connectivity index (χ3n) is 3.89. The SMILES string of the molecule is CC(CO)N(C)C(=O)NC1CCN(c2cccs2)CC1. The summed E-state index contributed by atoms with van der Waals surface area (Å²) in [5.74, 6) is 0. The molecule has 20 heavy (non-hydrogen) atoms. The summed E-state index contributed by atoms with van der Waals surface area (Å²) in [6.45, 7) is 3.77. The van der Waals surface area contributed by atoms with Crippen molar-refractivity contribution in [2.24, 2.45) is 0 Å². The first-order chi connectivity index (χ1) is 9.61. The number of carbonyl (C=O) groups excluding carboxylic acids is 1. The van der Waals surface area contributed by atoms with Gasteiger partial charge in [-0.2, -0.15) is 0 Å². The number of thiophene rings is 1. The van der Waals surface area contributed by atoms with Gasteiger partial charge in [-0.05, 0) is 37.3 Å². The minimum atomic E-state index is -0.152. The molecule has 2 amide bonds. The molecule has 0 saturated carbocycles. The molecule has 1 aliphatic heterocycles. The molecule has 1 fully saturated rings. The zero-order valence-electron chi connectivity index (χ0n) is 12.1. The zero-order chi connectivity index (χ0) is 14.5. The quantitative estimate of drug-likeness (QED) is 0.890. The number of nitrogens with one attached hydrogen (secondary N) is 1. The summed E-state index contributed by atoms with van der Waals surface area (Å²) in [5.41, 5.74) is 0. The fourth-order valence-electron chi connectivity index (χ4n) is 2.29. The normalized spacial score (nSPS) is 17.9. The van der Waals surface area contributed by atoms with Crippen LogP contribution in [0.3, 0.4) is 0 Å². The molecule has 1 unspecified atom stereocenters. The molecule has 5 nitrogen and oxygen atoms in total. The fourth-order valence-corrected chi connectivity index (χ4v) is 3.08. The van der Waals surface area contributed by atoms with Crippen molar-refractivity contribution in [1.29, 1.82) is 0 Å². The first-order valence-electron chi connectivity index (χ1n) is 7.04. The lowest BCUT2D eigenvalue weighted by atomic mass is 10.1. The second-order valence-electron chi connectivity index (χ2n) is 5.30. The van der Waals surface area contributed by atoms with Crippen molar-refractivity contribution >= 4 is 22.4 Å². The molecule has 0 aliphatic carbocycles. The van der Waals surface area contributed by atoms with E-state index in [4.69, 9.17) is 5.11 Å². The lowest BCUT2D eigenvalue weighted by Crippen LogP contribution is -2.50. The average Bonchev–Trinajstić information content (AvgIpc) is 3.00. The number of carbonyl (C=O) groups is 1. The Morgan fingerprint density at radius 1 is 1.60 bits per heavy atom. The Labute approximate surface area is 124 Å². The standard InChI is InChI=1S/C14H23N3O2S/c1-11(10-18)16(2)14(19)15-12-5-7-17(8-6-12)13-4-3-9-20-13/h3-4,9,11-12,18H,5-8,10H2,1-2H3,(H,15,19). The minimum Gasteiger partial charge on any atom is -0.394 e. The highest BCUT2D eigenvalue weighted by molar-refractivity contribution is 7.14. The molecule has 0 spiro atoms. The van der Waals surface area contributed by atoms with Gasteiger partial charge in [-0.3, -0.25) is 0 Å². The van der Waals surface area contributed by atoms with Crippen LogP contribution in [0.2, 0.25) is 0 Å². The van der Waals surface area contributed by atoms with Crippen molar-refractivity contribution < 1.29 is 9.90 Å². The maximum absolute atomic E-state index is 12.0. The van der Waals surface area contributed by atoms with Gasteiger partial charge in [-0.15, -0.1) is 11.3 Å². The highest BCUT2D eigenvalue weighted by atomic mass is 32.1. The predicted octanol–water partition coefficient (Wildman–Crippen LogP) is 1.74. The molecule has 2 heterocycles. The average molecular weight is 297 g/mol. The van der Waals surface area contributed by atoms with Crippen LogP contribution < -0.4 is 10.2 Å². The number of aliphatic hydroxyl groups excluding tert-OH is 1. The summed E-state index contributed by atoms with van der Waals surface area (Å²) < 4.78 is 0. The van der Waals surface area contributed by atoms with E-state index >= 15 is 0 Å². The number of nitrogens with zero attached hydrogens (tertiary/aromatic N) is 2. The number of likely N-dealkylation sites (N-methyl/N-ethyl adjacent to an activating group) is 1. The van der Waals surface area contributed by atoms with Crippen molar-refractivity contribution in [3.05, 3.63) is 17.5 Å². The van der Waals surface area contributed by atoms with Crippen molar-refractivity contribution in [2.45, 2.75) is 31.8 Å². The van der Waals surface area contributed by atoms with Crippen molar-refractivity contribution in [3.8, 4) is 0 Å². The molecule has 0 radical (unpaired) electrons. The van der Waals surface area contributed by atoms with Crippen LogP contribution >= 0.6 is 11.3 Å². The third kappa shape index (κ3) is 3.64. The van der Waals surface area contributed by atoms with Crippen LogP contribution in [0.1, 0.15) is 19.8 Å².